The lowest BCUT2D eigenvalue weighted by Gasteiger charge is -2.07. The van der Waals surface area contributed by atoms with Gasteiger partial charge in [-0.2, -0.15) is 0 Å². The lowest BCUT2D eigenvalue weighted by Crippen LogP contribution is -2.14. The maximum Gasteiger partial charge on any atom is 0.188 e. The molecule has 0 radical (unpaired) electrons. The van der Waals surface area contributed by atoms with Gasteiger partial charge in [-0.25, -0.2) is 4.98 Å². The second-order valence-electron chi connectivity index (χ2n) is 4.05. The number of amidine groups is 1. The summed E-state index contributed by atoms with van der Waals surface area (Å²) in [6.07, 6.45) is 1.51. The molecule has 0 atom stereocenters. The van der Waals surface area contributed by atoms with Gasteiger partial charge in [-0.15, -0.1) is 0 Å². The minimum atomic E-state index is -0.0429. The third-order valence-electron chi connectivity index (χ3n) is 2.55. The van der Waals surface area contributed by atoms with Crippen molar-refractivity contribution in [1.29, 1.82) is 0 Å². The highest BCUT2D eigenvalue weighted by molar-refractivity contribution is 5.95. The summed E-state index contributed by atoms with van der Waals surface area (Å²) in [6.45, 7) is 0.526. The number of benzene rings is 1. The van der Waals surface area contributed by atoms with Crippen molar-refractivity contribution in [3.05, 3.63) is 53.9 Å². The molecule has 0 aliphatic carbocycles. The van der Waals surface area contributed by atoms with Gasteiger partial charge in [0.05, 0.1) is 12.8 Å². The maximum atomic E-state index is 8.55. The molecule has 0 unspecified atom stereocenters. The van der Waals surface area contributed by atoms with Crippen LogP contribution in [0.25, 0.3) is 0 Å². The van der Waals surface area contributed by atoms with Crippen molar-refractivity contribution in [3.63, 3.8) is 0 Å². The first-order valence-corrected chi connectivity index (χ1v) is 5.92. The Bertz CT molecular complexity index is 597. The number of pyridine rings is 1. The fourth-order valence-electron chi connectivity index (χ4n) is 1.64. The number of nitrogens with zero attached hydrogens (tertiary/aromatic N) is 2. The van der Waals surface area contributed by atoms with E-state index in [9.17, 15) is 0 Å². The molecule has 0 saturated carbocycles. The number of aromatic nitrogens is 1. The van der Waals surface area contributed by atoms with E-state index in [2.05, 4.69) is 10.1 Å². The molecule has 20 heavy (non-hydrogen) atoms. The molecule has 0 amide bonds. The van der Waals surface area contributed by atoms with Gasteiger partial charge in [0.2, 0.25) is 0 Å². The van der Waals surface area contributed by atoms with Gasteiger partial charge in [0.25, 0.3) is 0 Å². The molecule has 1 aromatic carbocycles. The van der Waals surface area contributed by atoms with Crippen molar-refractivity contribution in [2.45, 2.75) is 6.61 Å². The number of hydrogen-bond donors (Lipinski definition) is 2. The lowest BCUT2D eigenvalue weighted by atomic mass is 10.2. The Morgan fingerprint density at radius 2 is 2.15 bits per heavy atom. The van der Waals surface area contributed by atoms with Crippen LogP contribution in [0.3, 0.4) is 0 Å². The molecule has 104 valence electrons. The standard InChI is InChI=1S/C14H15N3O3/c1-19-9-10-3-2-4-11(7-10)20-12-5-6-13(16-8-12)14(15)17-18/h2-8,18H,9H2,1H3,(H2,15,17). The highest BCUT2D eigenvalue weighted by Crippen LogP contribution is 2.21. The number of methoxy groups -OCH3 is 1. The zero-order chi connectivity index (χ0) is 14.4. The van der Waals surface area contributed by atoms with Crippen LogP contribution in [0, 0.1) is 0 Å². The Morgan fingerprint density at radius 1 is 1.30 bits per heavy atom. The molecule has 1 heterocycles. The molecule has 0 bridgehead atoms. The van der Waals surface area contributed by atoms with Gasteiger partial charge in [0, 0.05) is 7.11 Å². The fourth-order valence-corrected chi connectivity index (χ4v) is 1.64. The molecule has 0 aliphatic heterocycles. The molecule has 2 rings (SSSR count). The zero-order valence-electron chi connectivity index (χ0n) is 11.0. The Labute approximate surface area is 116 Å². The van der Waals surface area contributed by atoms with E-state index >= 15 is 0 Å². The molecule has 1 aromatic heterocycles. The predicted octanol–water partition coefficient (Wildman–Crippen LogP) is 2.11. The highest BCUT2D eigenvalue weighted by Gasteiger charge is 2.03. The number of nitrogens with two attached hydrogens (primary N) is 1. The number of hydrogen-bond acceptors (Lipinski definition) is 5. The van der Waals surface area contributed by atoms with Crippen LogP contribution in [0.2, 0.25) is 0 Å². The summed E-state index contributed by atoms with van der Waals surface area (Å²) in [5.74, 6) is 1.21. The Morgan fingerprint density at radius 3 is 2.80 bits per heavy atom. The minimum absolute atomic E-state index is 0.0429. The maximum absolute atomic E-state index is 8.55. The summed E-state index contributed by atoms with van der Waals surface area (Å²) in [6, 6.07) is 10.9. The topological polar surface area (TPSA) is 90.0 Å². The first-order valence-electron chi connectivity index (χ1n) is 5.92. The molecule has 0 spiro atoms. The second kappa shape index (κ2) is 6.53. The molecular weight excluding hydrogens is 258 g/mol. The van der Waals surface area contributed by atoms with Crippen LogP contribution in [-0.2, 0) is 11.3 Å². The quantitative estimate of drug-likeness (QED) is 0.377. The van der Waals surface area contributed by atoms with Crippen molar-refractivity contribution in [2.24, 2.45) is 10.9 Å². The number of ether oxygens (including phenoxy) is 2. The molecule has 0 fully saturated rings. The molecular formula is C14H15N3O3. The summed E-state index contributed by atoms with van der Waals surface area (Å²) in [7, 11) is 1.64. The van der Waals surface area contributed by atoms with Crippen LogP contribution in [0.1, 0.15) is 11.3 Å². The van der Waals surface area contributed by atoms with Gasteiger partial charge in [-0.05, 0) is 29.8 Å². The molecule has 6 nitrogen and oxygen atoms in total. The zero-order valence-corrected chi connectivity index (χ0v) is 11.0. The SMILES string of the molecule is COCc1cccc(Oc2ccc(/C(N)=N/O)nc2)c1. The Kier molecular flexibility index (Phi) is 4.52. The number of oxime groups is 1. The normalized spacial score (nSPS) is 11.3. The smallest absolute Gasteiger partial charge is 0.188 e. The van der Waals surface area contributed by atoms with Crippen LogP contribution in [0.5, 0.6) is 11.5 Å². The van der Waals surface area contributed by atoms with Crippen LogP contribution in [-0.4, -0.2) is 23.1 Å². The van der Waals surface area contributed by atoms with Crippen molar-refractivity contribution in [3.8, 4) is 11.5 Å². The summed E-state index contributed by atoms with van der Waals surface area (Å²) in [4.78, 5) is 4.04. The second-order valence-corrected chi connectivity index (χ2v) is 4.05. The van der Waals surface area contributed by atoms with Gasteiger partial charge in [0.15, 0.2) is 5.84 Å². The van der Waals surface area contributed by atoms with Crippen molar-refractivity contribution in [2.75, 3.05) is 7.11 Å². The van der Waals surface area contributed by atoms with E-state index in [0.717, 1.165) is 5.56 Å². The molecule has 0 aliphatic rings. The first-order chi connectivity index (χ1) is 9.72. The molecule has 0 saturated heterocycles. The van der Waals surface area contributed by atoms with E-state index in [1.54, 1.807) is 19.2 Å². The monoisotopic (exact) mass is 273 g/mol. The van der Waals surface area contributed by atoms with E-state index in [-0.39, 0.29) is 5.84 Å². The van der Waals surface area contributed by atoms with Crippen LogP contribution in [0.15, 0.2) is 47.8 Å². The van der Waals surface area contributed by atoms with Gasteiger partial charge < -0.3 is 20.4 Å². The summed E-state index contributed by atoms with van der Waals surface area (Å²) in [5, 5.41) is 11.4. The van der Waals surface area contributed by atoms with E-state index in [0.29, 0.717) is 23.8 Å². The minimum Gasteiger partial charge on any atom is -0.456 e. The largest absolute Gasteiger partial charge is 0.456 e. The molecule has 3 N–H and O–H groups in total. The van der Waals surface area contributed by atoms with Gasteiger partial charge in [-0.1, -0.05) is 17.3 Å². The highest BCUT2D eigenvalue weighted by atomic mass is 16.5. The average Bonchev–Trinajstić information content (AvgIpc) is 2.48. The van der Waals surface area contributed by atoms with E-state index in [1.165, 1.54) is 6.20 Å². The van der Waals surface area contributed by atoms with Crippen LogP contribution >= 0.6 is 0 Å². The predicted molar refractivity (Wildman–Crippen MR) is 74.0 cm³/mol. The van der Waals surface area contributed by atoms with Crippen molar-refractivity contribution < 1.29 is 14.7 Å². The van der Waals surface area contributed by atoms with Crippen LogP contribution < -0.4 is 10.5 Å². The van der Waals surface area contributed by atoms with Gasteiger partial charge in [-0.3, -0.25) is 0 Å². The van der Waals surface area contributed by atoms with Crippen molar-refractivity contribution >= 4 is 5.84 Å². The Balaban J connectivity index is 2.12. The van der Waals surface area contributed by atoms with Gasteiger partial charge >= 0.3 is 0 Å². The first kappa shape index (κ1) is 13.8. The lowest BCUT2D eigenvalue weighted by molar-refractivity contribution is 0.184. The van der Waals surface area contributed by atoms with Crippen LogP contribution in [0.4, 0.5) is 0 Å². The summed E-state index contributed by atoms with van der Waals surface area (Å²) >= 11 is 0. The molecule has 6 heteroatoms. The van der Waals surface area contributed by atoms with Crippen molar-refractivity contribution in [1.82, 2.24) is 4.98 Å². The third kappa shape index (κ3) is 3.46. The third-order valence-corrected chi connectivity index (χ3v) is 2.55. The van der Waals surface area contributed by atoms with Gasteiger partial charge in [0.1, 0.15) is 17.2 Å². The molecule has 2 aromatic rings. The Hall–Kier alpha value is -2.60. The summed E-state index contributed by atoms with van der Waals surface area (Å²) in [5.41, 5.74) is 6.83. The summed E-state index contributed by atoms with van der Waals surface area (Å²) < 4.78 is 10.7. The van der Waals surface area contributed by atoms with E-state index < -0.39 is 0 Å². The van der Waals surface area contributed by atoms with E-state index in [1.807, 2.05) is 24.3 Å². The fraction of sp³-hybridized carbons (Fsp3) is 0.143. The number of rotatable bonds is 5. The van der Waals surface area contributed by atoms with E-state index in [4.69, 9.17) is 20.4 Å². The average molecular weight is 273 g/mol.